The molecule has 0 bridgehead atoms. The fraction of sp³-hybridized carbons (Fsp3) is 0.294. The Kier molecular flexibility index (Phi) is 4.54. The molecule has 1 N–H and O–H groups in total. The van der Waals surface area contributed by atoms with Gasteiger partial charge in [-0.2, -0.15) is 0 Å². The second-order valence-corrected chi connectivity index (χ2v) is 4.53. The van der Waals surface area contributed by atoms with Gasteiger partial charge >= 0.3 is 0 Å². The van der Waals surface area contributed by atoms with Gasteiger partial charge in [-0.05, 0) is 35.2 Å². The zero-order valence-corrected chi connectivity index (χ0v) is 11.2. The number of hydrogen-bond donors (Lipinski definition) is 1. The molecule has 0 saturated heterocycles. The molecule has 0 amide bonds. The molecule has 2 rings (SSSR count). The van der Waals surface area contributed by atoms with Crippen molar-refractivity contribution in [1.82, 2.24) is 5.32 Å². The van der Waals surface area contributed by atoms with E-state index < -0.39 is 0 Å². The molecule has 1 nitrogen and oxygen atoms in total. The Balaban J connectivity index is 2.17. The second kappa shape index (κ2) is 6.36. The van der Waals surface area contributed by atoms with Crippen LogP contribution >= 0.6 is 0 Å². The summed E-state index contributed by atoms with van der Waals surface area (Å²) in [5, 5.41) is 3.34. The molecule has 0 aliphatic carbocycles. The van der Waals surface area contributed by atoms with Gasteiger partial charge in [0.1, 0.15) is 0 Å². The molecule has 1 heteroatoms. The molecular formula is C17H21N. The van der Waals surface area contributed by atoms with Crippen LogP contribution in [-0.2, 0) is 13.0 Å². The fourth-order valence-corrected chi connectivity index (χ4v) is 2.06. The summed E-state index contributed by atoms with van der Waals surface area (Å²) in [6.45, 7) is 6.29. The van der Waals surface area contributed by atoms with Crippen molar-refractivity contribution < 1.29 is 0 Å². The quantitative estimate of drug-likeness (QED) is 0.830. The van der Waals surface area contributed by atoms with E-state index in [1.807, 2.05) is 0 Å². The topological polar surface area (TPSA) is 12.0 Å². The molecule has 2 aromatic rings. The van der Waals surface area contributed by atoms with Gasteiger partial charge in [0.2, 0.25) is 0 Å². The number of aryl methyl sites for hydroxylation is 1. The first kappa shape index (κ1) is 12.8. The summed E-state index contributed by atoms with van der Waals surface area (Å²) in [6, 6.07) is 17.6. The molecule has 0 aliphatic rings. The zero-order chi connectivity index (χ0) is 12.8. The van der Waals surface area contributed by atoms with Gasteiger partial charge in [0.05, 0.1) is 0 Å². The van der Waals surface area contributed by atoms with Crippen LogP contribution < -0.4 is 5.32 Å². The highest BCUT2D eigenvalue weighted by atomic mass is 14.8. The van der Waals surface area contributed by atoms with Crippen molar-refractivity contribution in [3.8, 4) is 11.1 Å². The molecule has 0 aromatic heterocycles. The maximum atomic E-state index is 3.34. The normalized spacial score (nSPS) is 10.6. The summed E-state index contributed by atoms with van der Waals surface area (Å²) in [5.74, 6) is 0. The summed E-state index contributed by atoms with van der Waals surface area (Å²) in [6.07, 6.45) is 1.09. The van der Waals surface area contributed by atoms with E-state index in [1.54, 1.807) is 0 Å². The molecule has 0 fully saturated rings. The smallest absolute Gasteiger partial charge is 0.0205 e. The van der Waals surface area contributed by atoms with E-state index in [-0.39, 0.29) is 0 Å². The molecule has 94 valence electrons. The average molecular weight is 239 g/mol. The first-order valence-corrected chi connectivity index (χ1v) is 6.72. The number of hydrogen-bond acceptors (Lipinski definition) is 1. The van der Waals surface area contributed by atoms with E-state index in [0.717, 1.165) is 19.5 Å². The molecular weight excluding hydrogens is 218 g/mol. The van der Waals surface area contributed by atoms with Crippen LogP contribution in [-0.4, -0.2) is 6.54 Å². The van der Waals surface area contributed by atoms with E-state index >= 15 is 0 Å². The van der Waals surface area contributed by atoms with E-state index in [1.165, 1.54) is 22.3 Å². The van der Waals surface area contributed by atoms with Gasteiger partial charge in [-0.1, -0.05) is 62.4 Å². The van der Waals surface area contributed by atoms with Crippen LogP contribution in [0.4, 0.5) is 0 Å². The predicted octanol–water partition coefficient (Wildman–Crippen LogP) is 4.03. The lowest BCUT2D eigenvalue weighted by molar-refractivity contribution is 0.727. The van der Waals surface area contributed by atoms with Gasteiger partial charge in [-0.3, -0.25) is 0 Å². The highest BCUT2D eigenvalue weighted by Crippen LogP contribution is 2.21. The molecule has 0 atom stereocenters. The molecule has 0 aliphatic heterocycles. The van der Waals surface area contributed by atoms with Gasteiger partial charge in [0.25, 0.3) is 0 Å². The summed E-state index contributed by atoms with van der Waals surface area (Å²) in [4.78, 5) is 0. The van der Waals surface area contributed by atoms with Crippen LogP contribution in [0.25, 0.3) is 11.1 Å². The van der Waals surface area contributed by atoms with Crippen molar-refractivity contribution in [3.05, 3.63) is 59.7 Å². The number of benzene rings is 2. The van der Waals surface area contributed by atoms with Gasteiger partial charge < -0.3 is 5.32 Å². The standard InChI is InChI=1S/C17H21N/c1-3-14-6-5-7-17(12-14)16-10-8-15(9-11-16)13-18-4-2/h5-12,18H,3-4,13H2,1-2H3. The minimum absolute atomic E-state index is 0.950. The minimum Gasteiger partial charge on any atom is -0.313 e. The van der Waals surface area contributed by atoms with Crippen LogP contribution in [0.3, 0.4) is 0 Å². The summed E-state index contributed by atoms with van der Waals surface area (Å²) in [5.41, 5.74) is 5.34. The minimum atomic E-state index is 0.950. The summed E-state index contributed by atoms with van der Waals surface area (Å²) in [7, 11) is 0. The Hall–Kier alpha value is -1.60. The molecule has 0 radical (unpaired) electrons. The lowest BCUT2D eigenvalue weighted by atomic mass is 10.0. The third kappa shape index (κ3) is 3.21. The third-order valence-corrected chi connectivity index (χ3v) is 3.20. The highest BCUT2D eigenvalue weighted by molar-refractivity contribution is 5.64. The summed E-state index contributed by atoms with van der Waals surface area (Å²) < 4.78 is 0. The van der Waals surface area contributed by atoms with Crippen LogP contribution in [0.15, 0.2) is 48.5 Å². The Morgan fingerprint density at radius 1 is 0.833 bits per heavy atom. The Labute approximate surface area is 110 Å². The number of rotatable bonds is 5. The van der Waals surface area contributed by atoms with E-state index in [0.29, 0.717) is 0 Å². The van der Waals surface area contributed by atoms with Crippen molar-refractivity contribution in [1.29, 1.82) is 0 Å². The first-order valence-electron chi connectivity index (χ1n) is 6.72. The van der Waals surface area contributed by atoms with Crippen molar-refractivity contribution in [3.63, 3.8) is 0 Å². The average Bonchev–Trinajstić information content (AvgIpc) is 2.46. The van der Waals surface area contributed by atoms with Gasteiger partial charge in [-0.15, -0.1) is 0 Å². The maximum Gasteiger partial charge on any atom is 0.0205 e. The predicted molar refractivity (Wildman–Crippen MR) is 78.6 cm³/mol. The van der Waals surface area contributed by atoms with E-state index in [9.17, 15) is 0 Å². The van der Waals surface area contributed by atoms with Crippen LogP contribution in [0, 0.1) is 0 Å². The third-order valence-electron chi connectivity index (χ3n) is 3.20. The lowest BCUT2D eigenvalue weighted by Crippen LogP contribution is -2.11. The van der Waals surface area contributed by atoms with Gasteiger partial charge in [-0.25, -0.2) is 0 Å². The molecule has 0 spiro atoms. The van der Waals surface area contributed by atoms with Crippen molar-refractivity contribution in [2.75, 3.05) is 6.54 Å². The van der Waals surface area contributed by atoms with E-state index in [4.69, 9.17) is 0 Å². The SMILES string of the molecule is CCNCc1ccc(-c2cccc(CC)c2)cc1. The molecule has 2 aromatic carbocycles. The van der Waals surface area contributed by atoms with Crippen LogP contribution in [0.2, 0.25) is 0 Å². The van der Waals surface area contributed by atoms with Crippen LogP contribution in [0.5, 0.6) is 0 Å². The number of nitrogens with one attached hydrogen (secondary N) is 1. The first-order chi connectivity index (χ1) is 8.83. The van der Waals surface area contributed by atoms with Crippen molar-refractivity contribution in [2.24, 2.45) is 0 Å². The summed E-state index contributed by atoms with van der Waals surface area (Å²) >= 11 is 0. The lowest BCUT2D eigenvalue weighted by Gasteiger charge is -2.06. The second-order valence-electron chi connectivity index (χ2n) is 4.53. The Bertz CT molecular complexity index is 485. The highest BCUT2D eigenvalue weighted by Gasteiger charge is 1.99. The van der Waals surface area contributed by atoms with Crippen LogP contribution in [0.1, 0.15) is 25.0 Å². The fourth-order valence-electron chi connectivity index (χ4n) is 2.06. The molecule has 18 heavy (non-hydrogen) atoms. The molecule has 0 unspecified atom stereocenters. The molecule has 0 saturated carbocycles. The maximum absolute atomic E-state index is 3.34. The van der Waals surface area contributed by atoms with Crippen molar-refractivity contribution >= 4 is 0 Å². The van der Waals surface area contributed by atoms with Gasteiger partial charge in [0, 0.05) is 6.54 Å². The largest absolute Gasteiger partial charge is 0.313 e. The monoisotopic (exact) mass is 239 g/mol. The zero-order valence-electron chi connectivity index (χ0n) is 11.2. The van der Waals surface area contributed by atoms with Gasteiger partial charge in [0.15, 0.2) is 0 Å². The Morgan fingerprint density at radius 3 is 2.28 bits per heavy atom. The van der Waals surface area contributed by atoms with E-state index in [2.05, 4.69) is 67.7 Å². The Morgan fingerprint density at radius 2 is 1.61 bits per heavy atom. The van der Waals surface area contributed by atoms with Crippen molar-refractivity contribution in [2.45, 2.75) is 26.8 Å². The molecule has 0 heterocycles.